The van der Waals surface area contributed by atoms with Crippen LogP contribution in [-0.2, 0) is 12.6 Å². The molecule has 0 unspecified atom stereocenters. The standard InChI is InChI=1S/C34H25F3N2O4S/c1-41-27-14-11-21(17-28(27)42-2)31-25-13-10-19-6-3-4-9-24(19)30(25)38-33-39(31)32(40)29(44-33)18-23-12-15-26(43-23)20-7-5-8-22(16-20)34(35,36)37/h3-9,11-12,14-18,31H,10,13H2,1-2H3/b29-18-/t31-/m0/s1. The third-order valence-electron chi connectivity index (χ3n) is 7.97. The molecule has 10 heteroatoms. The molecular weight excluding hydrogens is 589 g/mol. The summed E-state index contributed by atoms with van der Waals surface area (Å²) in [5.74, 6) is 1.76. The minimum atomic E-state index is -4.47. The highest BCUT2D eigenvalue weighted by Crippen LogP contribution is 2.43. The summed E-state index contributed by atoms with van der Waals surface area (Å²) in [5, 5.41) is 0. The van der Waals surface area contributed by atoms with Crippen LogP contribution in [0.25, 0.3) is 23.1 Å². The maximum atomic E-state index is 14.1. The second kappa shape index (κ2) is 10.7. The van der Waals surface area contributed by atoms with Crippen LogP contribution in [0.4, 0.5) is 13.2 Å². The van der Waals surface area contributed by atoms with E-state index in [1.165, 1.54) is 23.0 Å². The van der Waals surface area contributed by atoms with Crippen LogP contribution in [0.5, 0.6) is 11.5 Å². The molecule has 0 amide bonds. The summed E-state index contributed by atoms with van der Waals surface area (Å²) in [6.45, 7) is 0. The molecule has 3 aromatic carbocycles. The predicted molar refractivity (Wildman–Crippen MR) is 161 cm³/mol. The molecule has 6 nitrogen and oxygen atoms in total. The summed E-state index contributed by atoms with van der Waals surface area (Å²) >= 11 is 1.24. The van der Waals surface area contributed by atoms with Gasteiger partial charge in [0, 0.05) is 17.2 Å². The quantitative estimate of drug-likeness (QED) is 0.223. The van der Waals surface area contributed by atoms with Gasteiger partial charge in [-0.15, -0.1) is 0 Å². The molecule has 1 atom stereocenters. The highest BCUT2D eigenvalue weighted by atomic mass is 32.1. The van der Waals surface area contributed by atoms with Crippen molar-refractivity contribution < 1.29 is 27.1 Å². The van der Waals surface area contributed by atoms with Crippen molar-refractivity contribution in [3.8, 4) is 22.8 Å². The van der Waals surface area contributed by atoms with E-state index in [9.17, 15) is 18.0 Å². The zero-order chi connectivity index (χ0) is 30.6. The van der Waals surface area contributed by atoms with E-state index in [2.05, 4.69) is 12.1 Å². The number of allylic oxidation sites excluding steroid dienone is 1. The number of fused-ring (bicyclic) bond motifs is 3. The zero-order valence-electron chi connectivity index (χ0n) is 23.6. The Bertz CT molecular complexity index is 2140. The van der Waals surface area contributed by atoms with E-state index < -0.39 is 17.8 Å². The van der Waals surface area contributed by atoms with Gasteiger partial charge in [0.15, 0.2) is 16.3 Å². The first-order chi connectivity index (χ1) is 21.2. The van der Waals surface area contributed by atoms with Crippen molar-refractivity contribution in [3.05, 3.63) is 132 Å². The first-order valence-corrected chi connectivity index (χ1v) is 14.7. The lowest BCUT2D eigenvalue weighted by molar-refractivity contribution is -0.137. The topological polar surface area (TPSA) is 66.0 Å². The van der Waals surface area contributed by atoms with Gasteiger partial charge in [-0.25, -0.2) is 4.99 Å². The van der Waals surface area contributed by atoms with E-state index in [1.807, 2.05) is 30.3 Å². The number of halogens is 3. The molecule has 0 N–H and O–H groups in total. The number of rotatable bonds is 5. The molecular formula is C34H25F3N2O4S. The van der Waals surface area contributed by atoms with E-state index in [0.29, 0.717) is 32.2 Å². The van der Waals surface area contributed by atoms with Gasteiger partial charge in [-0.2, -0.15) is 13.2 Å². The molecule has 44 heavy (non-hydrogen) atoms. The largest absolute Gasteiger partial charge is 0.493 e. The molecule has 0 bridgehead atoms. The Labute approximate surface area is 253 Å². The van der Waals surface area contributed by atoms with Crippen molar-refractivity contribution >= 4 is 23.1 Å². The molecule has 2 aromatic heterocycles. The fourth-order valence-electron chi connectivity index (χ4n) is 5.91. The summed E-state index contributed by atoms with van der Waals surface area (Å²) in [4.78, 5) is 19.6. The summed E-state index contributed by atoms with van der Waals surface area (Å²) in [5.41, 5.74) is 4.32. The SMILES string of the molecule is COc1ccc([C@H]2C3=C(N=c4s/c(=C\c5ccc(-c6cccc(C(F)(F)F)c6)o5)c(=O)n42)c2ccccc2CC3)cc1OC. The van der Waals surface area contributed by atoms with Crippen LogP contribution in [0.2, 0.25) is 0 Å². The first kappa shape index (κ1) is 28.0. The first-order valence-electron chi connectivity index (χ1n) is 13.9. The van der Waals surface area contributed by atoms with E-state index >= 15 is 0 Å². The smallest absolute Gasteiger partial charge is 0.416 e. The van der Waals surface area contributed by atoms with Gasteiger partial charge in [-0.05, 0) is 65.9 Å². The third-order valence-corrected chi connectivity index (χ3v) is 8.95. The number of furan rings is 1. The maximum Gasteiger partial charge on any atom is 0.416 e. The summed E-state index contributed by atoms with van der Waals surface area (Å²) < 4.78 is 58.8. The van der Waals surface area contributed by atoms with Gasteiger partial charge >= 0.3 is 6.18 Å². The molecule has 1 aliphatic heterocycles. The Morgan fingerprint density at radius 2 is 1.77 bits per heavy atom. The normalized spacial score (nSPS) is 16.2. The second-order valence-electron chi connectivity index (χ2n) is 10.5. The van der Waals surface area contributed by atoms with Gasteiger partial charge in [-0.1, -0.05) is 53.8 Å². The van der Waals surface area contributed by atoms with Gasteiger partial charge in [0.1, 0.15) is 11.5 Å². The molecule has 1 aliphatic carbocycles. The molecule has 0 saturated carbocycles. The third kappa shape index (κ3) is 4.75. The highest BCUT2D eigenvalue weighted by molar-refractivity contribution is 7.07. The minimum Gasteiger partial charge on any atom is -0.493 e. The number of nitrogens with zero attached hydrogens (tertiary/aromatic N) is 2. The fourth-order valence-corrected chi connectivity index (χ4v) is 6.89. The average Bonchev–Trinajstić information content (AvgIpc) is 3.63. The van der Waals surface area contributed by atoms with E-state index in [4.69, 9.17) is 18.9 Å². The van der Waals surface area contributed by atoms with Crippen LogP contribution >= 0.6 is 11.3 Å². The Balaban J connectivity index is 1.37. The lowest BCUT2D eigenvalue weighted by atomic mass is 9.83. The highest BCUT2D eigenvalue weighted by Gasteiger charge is 2.33. The number of alkyl halides is 3. The fraction of sp³-hybridized carbons (Fsp3) is 0.176. The molecule has 0 radical (unpaired) electrons. The molecule has 222 valence electrons. The van der Waals surface area contributed by atoms with Gasteiger partial charge in [-0.3, -0.25) is 9.36 Å². The van der Waals surface area contributed by atoms with Crippen molar-refractivity contribution in [1.29, 1.82) is 0 Å². The van der Waals surface area contributed by atoms with E-state index in [-0.39, 0.29) is 11.3 Å². The monoisotopic (exact) mass is 614 g/mol. The molecule has 0 spiro atoms. The van der Waals surface area contributed by atoms with Gasteiger partial charge in [0.25, 0.3) is 5.56 Å². The van der Waals surface area contributed by atoms with Crippen LogP contribution in [0.3, 0.4) is 0 Å². The van der Waals surface area contributed by atoms with Crippen molar-refractivity contribution in [1.82, 2.24) is 4.57 Å². The van der Waals surface area contributed by atoms with E-state index in [0.717, 1.165) is 47.4 Å². The van der Waals surface area contributed by atoms with Crippen LogP contribution in [0.15, 0.2) is 98.6 Å². The Morgan fingerprint density at radius 3 is 2.57 bits per heavy atom. The number of aryl methyl sites for hydroxylation is 1. The number of hydrogen-bond acceptors (Lipinski definition) is 6. The lowest BCUT2D eigenvalue weighted by Crippen LogP contribution is -2.38. The molecule has 0 saturated heterocycles. The Kier molecular flexibility index (Phi) is 6.81. The van der Waals surface area contributed by atoms with Gasteiger partial charge < -0.3 is 13.9 Å². The molecule has 7 rings (SSSR count). The number of ether oxygens (including phenoxy) is 2. The van der Waals surface area contributed by atoms with Crippen LogP contribution < -0.4 is 24.4 Å². The maximum absolute atomic E-state index is 14.1. The van der Waals surface area contributed by atoms with Crippen LogP contribution in [0.1, 0.15) is 40.5 Å². The van der Waals surface area contributed by atoms with Crippen LogP contribution in [-0.4, -0.2) is 18.8 Å². The van der Waals surface area contributed by atoms with Crippen molar-refractivity contribution in [2.45, 2.75) is 25.1 Å². The minimum absolute atomic E-state index is 0.240. The van der Waals surface area contributed by atoms with Gasteiger partial charge in [0.2, 0.25) is 0 Å². The van der Waals surface area contributed by atoms with Gasteiger partial charge in [0.05, 0.1) is 36.1 Å². The number of benzene rings is 3. The molecule has 0 fully saturated rings. The number of hydrogen-bond donors (Lipinski definition) is 0. The lowest BCUT2D eigenvalue weighted by Gasteiger charge is -2.31. The van der Waals surface area contributed by atoms with E-state index in [1.54, 1.807) is 43.1 Å². The summed E-state index contributed by atoms with van der Waals surface area (Å²) in [6, 6.07) is 21.6. The second-order valence-corrected chi connectivity index (χ2v) is 11.5. The number of aromatic nitrogens is 1. The number of methoxy groups -OCH3 is 2. The molecule has 2 aliphatic rings. The van der Waals surface area contributed by atoms with Crippen molar-refractivity contribution in [2.24, 2.45) is 4.99 Å². The Hall–Kier alpha value is -4.83. The average molecular weight is 615 g/mol. The van der Waals surface area contributed by atoms with Crippen molar-refractivity contribution in [3.63, 3.8) is 0 Å². The Morgan fingerprint density at radius 1 is 0.955 bits per heavy atom. The molecule has 5 aromatic rings. The summed E-state index contributed by atoms with van der Waals surface area (Å²) in [6.07, 6.45) is -1.30. The van der Waals surface area contributed by atoms with Crippen LogP contribution in [0, 0.1) is 0 Å². The zero-order valence-corrected chi connectivity index (χ0v) is 24.5. The van der Waals surface area contributed by atoms with Crippen molar-refractivity contribution in [2.75, 3.05) is 14.2 Å². The number of thiazole rings is 1. The molecule has 3 heterocycles. The summed E-state index contributed by atoms with van der Waals surface area (Å²) in [7, 11) is 3.15. The predicted octanol–water partition coefficient (Wildman–Crippen LogP) is 6.61.